The summed E-state index contributed by atoms with van der Waals surface area (Å²) in [6, 6.07) is 6.06. The molecule has 1 aliphatic heterocycles. The van der Waals surface area contributed by atoms with Gasteiger partial charge in [0.1, 0.15) is 5.75 Å². The van der Waals surface area contributed by atoms with Crippen molar-refractivity contribution in [3.63, 3.8) is 0 Å². The molecule has 0 bridgehead atoms. The molecule has 0 aliphatic carbocycles. The van der Waals surface area contributed by atoms with Crippen LogP contribution in [-0.4, -0.2) is 56.8 Å². The lowest BCUT2D eigenvalue weighted by Gasteiger charge is -2.34. The second kappa shape index (κ2) is 6.66. The van der Waals surface area contributed by atoms with Crippen molar-refractivity contribution < 1.29 is 17.9 Å². The third kappa shape index (κ3) is 3.59. The van der Waals surface area contributed by atoms with Gasteiger partial charge in [-0.2, -0.15) is 0 Å². The van der Waals surface area contributed by atoms with Gasteiger partial charge in [0, 0.05) is 13.1 Å². The number of carbonyl (C=O) groups is 1. The first kappa shape index (κ1) is 16.8. The average molecular weight is 325 g/mol. The third-order valence-corrected chi connectivity index (χ3v) is 5.28. The summed E-state index contributed by atoms with van der Waals surface area (Å²) >= 11 is 0. The predicted molar refractivity (Wildman–Crippen MR) is 82.9 cm³/mol. The van der Waals surface area contributed by atoms with Gasteiger partial charge in [-0.15, -0.1) is 0 Å². The number of amides is 1. The van der Waals surface area contributed by atoms with Gasteiger partial charge in [-0.1, -0.05) is 13.8 Å². The summed E-state index contributed by atoms with van der Waals surface area (Å²) < 4.78 is 31.1. The Labute approximate surface area is 131 Å². The van der Waals surface area contributed by atoms with E-state index < -0.39 is 10.0 Å². The molecular weight excluding hydrogens is 304 g/mol. The molecule has 0 saturated carbocycles. The molecule has 1 aromatic rings. The van der Waals surface area contributed by atoms with Gasteiger partial charge >= 0.3 is 0 Å². The Bertz CT molecular complexity index is 625. The molecule has 1 saturated heterocycles. The molecule has 121 valence electrons. The number of ether oxygens (including phenoxy) is 1. The molecule has 0 atom stereocenters. The maximum Gasteiger partial charge on any atom is 0.266 e. The van der Waals surface area contributed by atoms with E-state index in [4.69, 9.17) is 4.74 Å². The van der Waals surface area contributed by atoms with E-state index in [1.54, 1.807) is 12.1 Å². The zero-order valence-corrected chi connectivity index (χ0v) is 13.9. The fraction of sp³-hybridized carbons (Fsp3) is 0.467. The fourth-order valence-corrected chi connectivity index (χ4v) is 3.80. The maximum atomic E-state index is 12.6. The lowest BCUT2D eigenvalue weighted by molar-refractivity contribution is -0.130. The molecule has 1 aromatic carbocycles. The molecule has 2 rings (SSSR count). The average Bonchev–Trinajstić information content (AvgIpc) is 2.46. The molecule has 6 nitrogen and oxygen atoms in total. The fourth-order valence-electron chi connectivity index (χ4n) is 2.42. The summed E-state index contributed by atoms with van der Waals surface area (Å²) in [4.78, 5) is 14.3. The number of methoxy groups -OCH3 is 1. The summed E-state index contributed by atoms with van der Waals surface area (Å²) in [5.74, 6) is 1.38. The van der Waals surface area contributed by atoms with Crippen LogP contribution in [0.5, 0.6) is 5.75 Å². The lowest BCUT2D eigenvalue weighted by atomic mass is 10.2. The minimum atomic E-state index is -3.79. The Morgan fingerprint density at radius 1 is 1.18 bits per heavy atom. The van der Waals surface area contributed by atoms with Crippen molar-refractivity contribution in [1.82, 2.24) is 9.21 Å². The van der Waals surface area contributed by atoms with E-state index in [2.05, 4.69) is 0 Å². The summed E-state index contributed by atoms with van der Waals surface area (Å²) in [6.45, 7) is 5.55. The summed E-state index contributed by atoms with van der Waals surface area (Å²) in [7, 11) is -2.28. The van der Waals surface area contributed by atoms with Gasteiger partial charge in [-0.3, -0.25) is 9.69 Å². The quantitative estimate of drug-likeness (QED) is 0.812. The second-order valence-corrected chi connectivity index (χ2v) is 7.43. The molecule has 7 heteroatoms. The summed E-state index contributed by atoms with van der Waals surface area (Å²) in [5.41, 5.74) is 0. The first-order valence-corrected chi connectivity index (χ1v) is 8.49. The SMILES string of the molecule is COc1ccc(S(=O)(=O)N2CCN(C[C](C)C)CC2=O)cc1. The van der Waals surface area contributed by atoms with Gasteiger partial charge in [0.15, 0.2) is 0 Å². The minimum absolute atomic E-state index is 0.105. The molecule has 0 unspecified atom stereocenters. The maximum absolute atomic E-state index is 12.6. The molecule has 22 heavy (non-hydrogen) atoms. The highest BCUT2D eigenvalue weighted by Gasteiger charge is 2.33. The first-order chi connectivity index (χ1) is 10.3. The van der Waals surface area contributed by atoms with E-state index in [-0.39, 0.29) is 23.9 Å². The Morgan fingerprint density at radius 2 is 1.82 bits per heavy atom. The van der Waals surface area contributed by atoms with Gasteiger partial charge in [-0.25, -0.2) is 12.7 Å². The topological polar surface area (TPSA) is 66.9 Å². The van der Waals surface area contributed by atoms with Gasteiger partial charge in [0.25, 0.3) is 15.9 Å². The number of piperazine rings is 1. The Kier molecular flexibility index (Phi) is 5.08. The van der Waals surface area contributed by atoms with Crippen molar-refractivity contribution in [1.29, 1.82) is 0 Å². The second-order valence-electron chi connectivity index (χ2n) is 5.56. The zero-order valence-electron chi connectivity index (χ0n) is 13.1. The molecule has 1 fully saturated rings. The van der Waals surface area contributed by atoms with Crippen LogP contribution in [0.2, 0.25) is 0 Å². The number of nitrogens with zero attached hydrogens (tertiary/aromatic N) is 2. The van der Waals surface area contributed by atoms with Crippen LogP contribution in [0.3, 0.4) is 0 Å². The summed E-state index contributed by atoms with van der Waals surface area (Å²) in [6.07, 6.45) is 0. The van der Waals surface area contributed by atoms with Crippen LogP contribution in [0.4, 0.5) is 0 Å². The van der Waals surface area contributed by atoms with Gasteiger partial charge in [0.05, 0.1) is 25.1 Å². The molecule has 0 aromatic heterocycles. The number of hydrogen-bond donors (Lipinski definition) is 0. The number of carbonyl (C=O) groups excluding carboxylic acids is 1. The standard InChI is InChI=1S/C15H21N2O4S/c1-12(2)10-16-8-9-17(15(18)11-16)22(19,20)14-6-4-13(21-3)5-7-14/h4-7H,8-11H2,1-3H3. The molecule has 0 spiro atoms. The van der Waals surface area contributed by atoms with Crippen LogP contribution >= 0.6 is 0 Å². The molecule has 1 amide bonds. The van der Waals surface area contributed by atoms with Crippen molar-refractivity contribution in [2.45, 2.75) is 18.7 Å². The van der Waals surface area contributed by atoms with Crippen LogP contribution in [0.25, 0.3) is 0 Å². The van der Waals surface area contributed by atoms with Crippen molar-refractivity contribution in [2.24, 2.45) is 0 Å². The van der Waals surface area contributed by atoms with Gasteiger partial charge in [-0.05, 0) is 30.2 Å². The van der Waals surface area contributed by atoms with E-state index in [9.17, 15) is 13.2 Å². The third-order valence-electron chi connectivity index (χ3n) is 3.44. The smallest absolute Gasteiger partial charge is 0.266 e. The van der Waals surface area contributed by atoms with Crippen molar-refractivity contribution in [2.75, 3.05) is 33.3 Å². The highest BCUT2D eigenvalue weighted by atomic mass is 32.2. The lowest BCUT2D eigenvalue weighted by Crippen LogP contribution is -2.52. The number of sulfonamides is 1. The van der Waals surface area contributed by atoms with Crippen LogP contribution < -0.4 is 4.74 Å². The minimum Gasteiger partial charge on any atom is -0.497 e. The molecule has 1 aliphatic rings. The predicted octanol–water partition coefficient (Wildman–Crippen LogP) is 1.14. The Balaban J connectivity index is 2.14. The normalized spacial score (nSPS) is 17.1. The Hall–Kier alpha value is -1.60. The van der Waals surface area contributed by atoms with Crippen LogP contribution in [0, 0.1) is 5.92 Å². The first-order valence-electron chi connectivity index (χ1n) is 7.05. The highest BCUT2D eigenvalue weighted by Crippen LogP contribution is 2.21. The summed E-state index contributed by atoms with van der Waals surface area (Å²) in [5, 5.41) is 0. The van der Waals surface area contributed by atoms with E-state index >= 15 is 0 Å². The van der Waals surface area contributed by atoms with Gasteiger partial charge < -0.3 is 4.74 Å². The van der Waals surface area contributed by atoms with E-state index in [0.29, 0.717) is 18.8 Å². The van der Waals surface area contributed by atoms with Crippen molar-refractivity contribution in [3.8, 4) is 5.75 Å². The van der Waals surface area contributed by atoms with Crippen LogP contribution in [0.15, 0.2) is 29.2 Å². The van der Waals surface area contributed by atoms with E-state index in [0.717, 1.165) is 4.31 Å². The molecular formula is C15H21N2O4S. The molecule has 1 radical (unpaired) electrons. The highest BCUT2D eigenvalue weighted by molar-refractivity contribution is 7.89. The molecule has 1 heterocycles. The van der Waals surface area contributed by atoms with E-state index in [1.807, 2.05) is 18.7 Å². The number of benzene rings is 1. The number of hydrogen-bond acceptors (Lipinski definition) is 5. The largest absolute Gasteiger partial charge is 0.497 e. The monoisotopic (exact) mass is 325 g/mol. The van der Waals surface area contributed by atoms with Crippen molar-refractivity contribution >= 4 is 15.9 Å². The van der Waals surface area contributed by atoms with Gasteiger partial charge in [0.2, 0.25) is 0 Å². The van der Waals surface area contributed by atoms with Crippen LogP contribution in [0.1, 0.15) is 13.8 Å². The van der Waals surface area contributed by atoms with E-state index in [1.165, 1.54) is 25.2 Å². The van der Waals surface area contributed by atoms with Crippen LogP contribution in [-0.2, 0) is 14.8 Å². The van der Waals surface area contributed by atoms with Crippen molar-refractivity contribution in [3.05, 3.63) is 30.2 Å². The number of rotatable bonds is 5. The molecule has 0 N–H and O–H groups in total. The Morgan fingerprint density at radius 3 is 2.32 bits per heavy atom. The zero-order chi connectivity index (χ0) is 16.3.